The molecule has 4 N–H and O–H groups in total. The zero-order valence-electron chi connectivity index (χ0n) is 33.5. The first-order valence-electron chi connectivity index (χ1n) is 19.2. The fourth-order valence-corrected chi connectivity index (χ4v) is 7.31. The molecule has 0 bridgehead atoms. The third-order valence-electron chi connectivity index (χ3n) is 10.8. The molecule has 2 saturated heterocycles. The van der Waals surface area contributed by atoms with Crippen LogP contribution in [0.1, 0.15) is 74.4 Å². The third kappa shape index (κ3) is 9.33. The molecule has 2 aromatic carbocycles. The van der Waals surface area contributed by atoms with Gasteiger partial charge in [0.15, 0.2) is 0 Å². The van der Waals surface area contributed by atoms with E-state index < -0.39 is 36.5 Å². The minimum absolute atomic E-state index is 0.256. The standard InChI is InChI=1S/C42H50N8O8/c1-25(55-3)35(47-41(53)57-5)39(51)49-21-7-9-33(49)37-43-23-31(45-37)29-17-13-27(14-18-29)11-12-28-15-19-30(20-16-28)32-24-44-38(46-32)34-10-8-22-50(34)40(52)36(26(2)56-4)48-42(54)58-6/h13-20,23-26,33-36H,7-10,21-22H2,1-6H3,(H,43,45)(H,44,46)(H,47,53)(H,48,54)/t25-,26-,33+,34+,35+,36+/m1/s1. The van der Waals surface area contributed by atoms with Crippen molar-refractivity contribution in [3.8, 4) is 34.4 Å². The summed E-state index contributed by atoms with van der Waals surface area (Å²) in [7, 11) is 5.49. The van der Waals surface area contributed by atoms with Crippen LogP contribution in [0.4, 0.5) is 9.59 Å². The van der Waals surface area contributed by atoms with E-state index in [9.17, 15) is 19.2 Å². The molecule has 0 unspecified atom stereocenters. The van der Waals surface area contributed by atoms with Gasteiger partial charge in [0.2, 0.25) is 11.8 Å². The Morgan fingerprint density at radius 2 is 1.03 bits per heavy atom. The van der Waals surface area contributed by atoms with Gasteiger partial charge in [0.25, 0.3) is 0 Å². The monoisotopic (exact) mass is 794 g/mol. The van der Waals surface area contributed by atoms with Crippen LogP contribution in [0.15, 0.2) is 60.9 Å². The van der Waals surface area contributed by atoms with E-state index in [1.54, 1.807) is 36.0 Å². The van der Waals surface area contributed by atoms with Crippen molar-refractivity contribution in [3.63, 3.8) is 0 Å². The second kappa shape index (κ2) is 18.8. The Kier molecular flexibility index (Phi) is 13.5. The summed E-state index contributed by atoms with van der Waals surface area (Å²) >= 11 is 0. The number of rotatable bonds is 12. The maximum absolute atomic E-state index is 13.6. The van der Waals surface area contributed by atoms with E-state index in [2.05, 4.69) is 42.4 Å². The van der Waals surface area contributed by atoms with Crippen LogP contribution in [-0.4, -0.2) is 120 Å². The lowest BCUT2D eigenvalue weighted by atomic mass is 10.1. The highest BCUT2D eigenvalue weighted by atomic mass is 16.5. The molecule has 0 saturated carbocycles. The maximum atomic E-state index is 13.6. The van der Waals surface area contributed by atoms with Crippen LogP contribution in [-0.2, 0) is 28.5 Å². The number of aromatic nitrogens is 4. The fraction of sp³-hybridized carbons (Fsp3) is 0.429. The van der Waals surface area contributed by atoms with E-state index in [-0.39, 0.29) is 23.9 Å². The van der Waals surface area contributed by atoms with E-state index in [0.717, 1.165) is 59.3 Å². The average molecular weight is 795 g/mol. The molecule has 16 nitrogen and oxygen atoms in total. The number of likely N-dealkylation sites (tertiary alicyclic amines) is 2. The molecule has 0 radical (unpaired) electrons. The first kappa shape index (κ1) is 41.5. The van der Waals surface area contributed by atoms with Gasteiger partial charge < -0.3 is 49.3 Å². The van der Waals surface area contributed by atoms with E-state index in [4.69, 9.17) is 18.9 Å². The highest BCUT2D eigenvalue weighted by molar-refractivity contribution is 5.87. The average Bonchev–Trinajstić information content (AvgIpc) is 4.10. The van der Waals surface area contributed by atoms with Gasteiger partial charge in [0.1, 0.15) is 23.7 Å². The van der Waals surface area contributed by atoms with Crippen molar-refractivity contribution >= 4 is 24.0 Å². The molecule has 58 heavy (non-hydrogen) atoms. The lowest BCUT2D eigenvalue weighted by Crippen LogP contribution is -2.54. The molecule has 4 amide bonds. The molecule has 306 valence electrons. The van der Waals surface area contributed by atoms with Gasteiger partial charge in [-0.15, -0.1) is 0 Å². The minimum atomic E-state index is -0.901. The van der Waals surface area contributed by atoms with Crippen LogP contribution in [0.25, 0.3) is 22.5 Å². The van der Waals surface area contributed by atoms with Crippen LogP contribution in [0, 0.1) is 11.8 Å². The summed E-state index contributed by atoms with van der Waals surface area (Å²) < 4.78 is 20.2. The van der Waals surface area contributed by atoms with Crippen molar-refractivity contribution in [2.45, 2.75) is 75.9 Å². The summed E-state index contributed by atoms with van der Waals surface area (Å²) in [4.78, 5) is 70.6. The van der Waals surface area contributed by atoms with Crippen LogP contribution in [0.3, 0.4) is 0 Å². The van der Waals surface area contributed by atoms with Crippen molar-refractivity contribution in [2.24, 2.45) is 0 Å². The van der Waals surface area contributed by atoms with Gasteiger partial charge in [-0.2, -0.15) is 0 Å². The number of nitrogens with one attached hydrogen (secondary N) is 4. The van der Waals surface area contributed by atoms with Crippen molar-refractivity contribution in [2.75, 3.05) is 41.5 Å². The molecule has 6 atom stereocenters. The lowest BCUT2D eigenvalue weighted by Gasteiger charge is -2.30. The van der Waals surface area contributed by atoms with Gasteiger partial charge in [-0.1, -0.05) is 36.1 Å². The highest BCUT2D eigenvalue weighted by Gasteiger charge is 2.40. The van der Waals surface area contributed by atoms with Crippen LogP contribution < -0.4 is 10.6 Å². The van der Waals surface area contributed by atoms with E-state index in [0.29, 0.717) is 24.7 Å². The first-order chi connectivity index (χ1) is 28.0. The minimum Gasteiger partial charge on any atom is -0.453 e. The van der Waals surface area contributed by atoms with Crippen molar-refractivity contribution < 1.29 is 38.1 Å². The van der Waals surface area contributed by atoms with Gasteiger partial charge in [-0.25, -0.2) is 19.6 Å². The van der Waals surface area contributed by atoms with Crippen LogP contribution in [0.2, 0.25) is 0 Å². The van der Waals surface area contributed by atoms with Gasteiger partial charge in [0.05, 0.1) is 62.3 Å². The molecule has 4 aromatic rings. The predicted octanol–water partition coefficient (Wildman–Crippen LogP) is 4.71. The van der Waals surface area contributed by atoms with Gasteiger partial charge in [0, 0.05) is 38.4 Å². The Hall–Kier alpha value is -6.18. The molecule has 0 spiro atoms. The normalized spacial score (nSPS) is 18.4. The quantitative estimate of drug-likeness (QED) is 0.146. The number of ether oxygens (including phenoxy) is 4. The Morgan fingerprint density at radius 3 is 1.38 bits per heavy atom. The summed E-state index contributed by atoms with van der Waals surface area (Å²) in [6, 6.07) is 13.3. The molecule has 2 aliphatic heterocycles. The number of carbonyl (C=O) groups is 4. The number of H-pyrrole nitrogens is 2. The SMILES string of the molecule is COC(=O)N[C@H](C(=O)N1CCC[C@H]1c1ncc(-c2ccc(C#Cc3ccc(-c4cnc([C@@H]5CCCN5C(=O)[C@@H](NC(=O)OC)[C@@H](C)OC)[nH]4)cc3)cc2)[nH]1)[C@@H](C)OC. The molecule has 6 rings (SSSR count). The van der Waals surface area contributed by atoms with Crippen molar-refractivity contribution in [1.29, 1.82) is 0 Å². The molecule has 2 aliphatic rings. The van der Waals surface area contributed by atoms with Crippen LogP contribution in [0.5, 0.6) is 0 Å². The second-order valence-corrected chi connectivity index (χ2v) is 14.3. The Balaban J connectivity index is 1.08. The summed E-state index contributed by atoms with van der Waals surface area (Å²) in [6.45, 7) is 4.52. The Labute approximate surface area is 337 Å². The molecule has 2 aromatic heterocycles. The zero-order chi connectivity index (χ0) is 41.3. The Bertz CT molecular complexity index is 1970. The highest BCUT2D eigenvalue weighted by Crippen LogP contribution is 2.34. The Morgan fingerprint density at radius 1 is 0.655 bits per heavy atom. The molecule has 0 aliphatic carbocycles. The number of amides is 4. The number of methoxy groups -OCH3 is 4. The molecule has 2 fully saturated rings. The summed E-state index contributed by atoms with van der Waals surface area (Å²) in [5, 5.41) is 5.22. The third-order valence-corrected chi connectivity index (χ3v) is 10.8. The molecule has 4 heterocycles. The summed E-state index contributed by atoms with van der Waals surface area (Å²) in [5.74, 6) is 7.30. The first-order valence-corrected chi connectivity index (χ1v) is 19.2. The number of benzene rings is 2. The maximum Gasteiger partial charge on any atom is 0.407 e. The number of imidazole rings is 2. The molecular weight excluding hydrogens is 745 g/mol. The number of nitrogens with zero attached hydrogens (tertiary/aromatic N) is 4. The lowest BCUT2D eigenvalue weighted by molar-refractivity contribution is -0.138. The smallest absolute Gasteiger partial charge is 0.407 e. The predicted molar refractivity (Wildman–Crippen MR) is 213 cm³/mol. The van der Waals surface area contributed by atoms with Crippen LogP contribution >= 0.6 is 0 Å². The zero-order valence-corrected chi connectivity index (χ0v) is 33.5. The number of aromatic amines is 2. The van der Waals surface area contributed by atoms with E-state index in [1.807, 2.05) is 48.5 Å². The second-order valence-electron chi connectivity index (χ2n) is 14.3. The topological polar surface area (TPSA) is 193 Å². The summed E-state index contributed by atoms with van der Waals surface area (Å²) in [5.41, 5.74) is 5.16. The van der Waals surface area contributed by atoms with Crippen molar-refractivity contribution in [3.05, 3.63) is 83.7 Å². The van der Waals surface area contributed by atoms with Crippen molar-refractivity contribution in [1.82, 2.24) is 40.4 Å². The van der Waals surface area contributed by atoms with E-state index >= 15 is 0 Å². The van der Waals surface area contributed by atoms with E-state index in [1.165, 1.54) is 28.4 Å². The molecular formula is C42H50N8O8. The number of hydrogen-bond donors (Lipinski definition) is 4. The number of hydrogen-bond acceptors (Lipinski definition) is 10. The van der Waals surface area contributed by atoms with Gasteiger partial charge in [-0.05, 0) is 74.9 Å². The molecule has 16 heteroatoms. The summed E-state index contributed by atoms with van der Waals surface area (Å²) in [6.07, 6.45) is 4.08. The number of alkyl carbamates (subject to hydrolysis) is 2. The van der Waals surface area contributed by atoms with Gasteiger partial charge in [-0.3, -0.25) is 9.59 Å². The number of carbonyl (C=O) groups excluding carboxylic acids is 4. The van der Waals surface area contributed by atoms with Gasteiger partial charge >= 0.3 is 12.2 Å². The fourth-order valence-electron chi connectivity index (χ4n) is 7.31. The largest absolute Gasteiger partial charge is 0.453 e.